The van der Waals surface area contributed by atoms with Crippen LogP contribution in [0.4, 0.5) is 0 Å². The van der Waals surface area contributed by atoms with Crippen molar-refractivity contribution in [3.05, 3.63) is 18.0 Å². The van der Waals surface area contributed by atoms with Crippen molar-refractivity contribution in [1.29, 1.82) is 0 Å². The summed E-state index contributed by atoms with van der Waals surface area (Å²) < 4.78 is 1.82. The van der Waals surface area contributed by atoms with Gasteiger partial charge in [0, 0.05) is 52.4 Å². The molecule has 0 spiro atoms. The van der Waals surface area contributed by atoms with Crippen LogP contribution in [0.25, 0.3) is 0 Å². The van der Waals surface area contributed by atoms with Gasteiger partial charge in [-0.2, -0.15) is 5.10 Å². The number of rotatable bonds is 4. The van der Waals surface area contributed by atoms with Crippen LogP contribution >= 0.6 is 0 Å². The molecule has 2 aliphatic heterocycles. The molecule has 3 rings (SSSR count). The van der Waals surface area contributed by atoms with E-state index in [4.69, 9.17) is 0 Å². The molecule has 2 saturated heterocycles. The van der Waals surface area contributed by atoms with Crippen LogP contribution in [0.5, 0.6) is 0 Å². The molecule has 2 fully saturated rings. The fraction of sp³-hybridized carbons (Fsp3) is 0.765. The van der Waals surface area contributed by atoms with Crippen molar-refractivity contribution in [2.24, 2.45) is 18.9 Å². The zero-order valence-corrected chi connectivity index (χ0v) is 14.5. The second kappa shape index (κ2) is 7.01. The van der Waals surface area contributed by atoms with Crippen LogP contribution in [0.3, 0.4) is 0 Å². The number of piperidine rings is 1. The molecule has 1 amide bonds. The third kappa shape index (κ3) is 3.75. The third-order valence-electron chi connectivity index (χ3n) is 5.31. The lowest BCUT2D eigenvalue weighted by Crippen LogP contribution is -2.43. The van der Waals surface area contributed by atoms with E-state index in [0.717, 1.165) is 26.2 Å². The average Bonchev–Trinajstić information content (AvgIpc) is 3.14. The lowest BCUT2D eigenvalue weighted by atomic mass is 9.89. The zero-order chi connectivity index (χ0) is 16.4. The zero-order valence-electron chi connectivity index (χ0n) is 14.5. The van der Waals surface area contributed by atoms with Gasteiger partial charge < -0.3 is 15.1 Å². The summed E-state index contributed by atoms with van der Waals surface area (Å²) in [6.45, 7) is 4.80. The molecule has 128 valence electrons. The first-order valence-electron chi connectivity index (χ1n) is 8.67. The number of aryl methyl sites for hydroxylation is 1. The molecule has 0 saturated carbocycles. The highest BCUT2D eigenvalue weighted by molar-refractivity contribution is 5.80. The lowest BCUT2D eigenvalue weighted by Gasteiger charge is -2.33. The predicted octanol–water partition coefficient (Wildman–Crippen LogP) is 0.523. The van der Waals surface area contributed by atoms with Gasteiger partial charge in [0.2, 0.25) is 5.91 Å². The number of likely N-dealkylation sites (tertiary alicyclic amines) is 1. The van der Waals surface area contributed by atoms with Gasteiger partial charge in [0.05, 0.1) is 12.1 Å². The van der Waals surface area contributed by atoms with Crippen molar-refractivity contribution in [2.45, 2.75) is 18.8 Å². The molecule has 2 aliphatic rings. The smallest absolute Gasteiger partial charge is 0.227 e. The van der Waals surface area contributed by atoms with Crippen LogP contribution in [-0.2, 0) is 11.8 Å². The molecule has 0 aliphatic carbocycles. The normalized spacial score (nSPS) is 28.9. The van der Waals surface area contributed by atoms with Crippen molar-refractivity contribution in [2.75, 3.05) is 46.8 Å². The number of amides is 1. The van der Waals surface area contributed by atoms with Crippen molar-refractivity contribution >= 4 is 5.91 Å². The van der Waals surface area contributed by atoms with Crippen molar-refractivity contribution in [3.8, 4) is 0 Å². The maximum Gasteiger partial charge on any atom is 0.227 e. The van der Waals surface area contributed by atoms with Gasteiger partial charge in [-0.05, 0) is 37.9 Å². The van der Waals surface area contributed by atoms with Crippen molar-refractivity contribution in [1.82, 2.24) is 24.9 Å². The molecule has 1 unspecified atom stereocenters. The minimum absolute atomic E-state index is 0.0329. The summed E-state index contributed by atoms with van der Waals surface area (Å²) in [5, 5.41) is 7.64. The highest BCUT2D eigenvalue weighted by Crippen LogP contribution is 2.29. The number of nitrogens with zero attached hydrogens (tertiary/aromatic N) is 4. The molecule has 6 heteroatoms. The SMILES string of the molecule is CN1CCCC(CN(C)C(=O)[C@H]2CNC[C@@H]2c2cnn(C)c2)C1. The molecular weight excluding hydrogens is 290 g/mol. The number of carbonyl (C=O) groups excluding carboxylic acids is 1. The van der Waals surface area contributed by atoms with Gasteiger partial charge in [-0.15, -0.1) is 0 Å². The van der Waals surface area contributed by atoms with Gasteiger partial charge in [-0.3, -0.25) is 9.48 Å². The summed E-state index contributed by atoms with van der Waals surface area (Å²) in [4.78, 5) is 17.3. The second-order valence-corrected chi connectivity index (χ2v) is 7.31. The minimum Gasteiger partial charge on any atom is -0.345 e. The fourth-order valence-corrected chi connectivity index (χ4v) is 4.10. The van der Waals surface area contributed by atoms with Crippen LogP contribution in [-0.4, -0.2) is 72.3 Å². The summed E-state index contributed by atoms with van der Waals surface area (Å²) >= 11 is 0. The maximum atomic E-state index is 12.9. The van der Waals surface area contributed by atoms with E-state index in [2.05, 4.69) is 22.4 Å². The van der Waals surface area contributed by atoms with Crippen LogP contribution in [0.2, 0.25) is 0 Å². The van der Waals surface area contributed by atoms with Crippen LogP contribution in [0, 0.1) is 11.8 Å². The van der Waals surface area contributed by atoms with Crippen LogP contribution in [0.15, 0.2) is 12.4 Å². The van der Waals surface area contributed by atoms with Gasteiger partial charge in [0.1, 0.15) is 0 Å². The van der Waals surface area contributed by atoms with E-state index in [1.807, 2.05) is 36.1 Å². The van der Waals surface area contributed by atoms with E-state index in [0.29, 0.717) is 5.92 Å². The standard InChI is InChI=1S/C17H29N5O/c1-20-6-4-5-13(10-20)11-21(2)17(23)16-9-18-8-15(16)14-7-19-22(3)12-14/h7,12-13,15-16,18H,4-6,8-11H2,1-3H3/t13?,15-,16+/m1/s1. The Morgan fingerprint density at radius 3 is 2.96 bits per heavy atom. The van der Waals surface area contributed by atoms with Crippen LogP contribution < -0.4 is 5.32 Å². The molecule has 0 bridgehead atoms. The average molecular weight is 319 g/mol. The highest BCUT2D eigenvalue weighted by atomic mass is 16.2. The summed E-state index contributed by atoms with van der Waals surface area (Å²) in [6.07, 6.45) is 6.41. The topological polar surface area (TPSA) is 53.4 Å². The Kier molecular flexibility index (Phi) is 5.02. The van der Waals surface area contributed by atoms with E-state index in [1.54, 1.807) is 0 Å². The summed E-state index contributed by atoms with van der Waals surface area (Å²) in [6, 6.07) is 0. The van der Waals surface area contributed by atoms with E-state index >= 15 is 0 Å². The predicted molar refractivity (Wildman–Crippen MR) is 90.2 cm³/mol. The summed E-state index contributed by atoms with van der Waals surface area (Å²) in [7, 11) is 6.07. The molecule has 1 N–H and O–H groups in total. The summed E-state index contributed by atoms with van der Waals surface area (Å²) in [5.74, 6) is 1.16. The van der Waals surface area contributed by atoms with Crippen molar-refractivity contribution < 1.29 is 4.79 Å². The number of hydrogen-bond donors (Lipinski definition) is 1. The Labute approximate surface area is 138 Å². The molecule has 6 nitrogen and oxygen atoms in total. The molecule has 3 heterocycles. The Morgan fingerprint density at radius 2 is 2.26 bits per heavy atom. The molecule has 1 aromatic rings. The van der Waals surface area contributed by atoms with E-state index < -0.39 is 0 Å². The van der Waals surface area contributed by atoms with Gasteiger partial charge in [-0.1, -0.05) is 0 Å². The van der Waals surface area contributed by atoms with Gasteiger partial charge in [-0.25, -0.2) is 0 Å². The third-order valence-corrected chi connectivity index (χ3v) is 5.31. The minimum atomic E-state index is 0.0329. The number of aromatic nitrogens is 2. The number of hydrogen-bond acceptors (Lipinski definition) is 4. The molecule has 0 aromatic carbocycles. The first-order valence-corrected chi connectivity index (χ1v) is 8.67. The van der Waals surface area contributed by atoms with E-state index in [1.165, 1.54) is 24.9 Å². The molecule has 23 heavy (non-hydrogen) atoms. The number of carbonyl (C=O) groups is 1. The largest absolute Gasteiger partial charge is 0.345 e. The molecular formula is C17H29N5O. The van der Waals surface area contributed by atoms with Gasteiger partial charge >= 0.3 is 0 Å². The van der Waals surface area contributed by atoms with E-state index in [-0.39, 0.29) is 17.7 Å². The van der Waals surface area contributed by atoms with Gasteiger partial charge in [0.15, 0.2) is 0 Å². The number of nitrogens with one attached hydrogen (secondary N) is 1. The lowest BCUT2D eigenvalue weighted by molar-refractivity contribution is -0.134. The fourth-order valence-electron chi connectivity index (χ4n) is 4.10. The second-order valence-electron chi connectivity index (χ2n) is 7.31. The Balaban J connectivity index is 1.61. The Bertz CT molecular complexity index is 543. The monoisotopic (exact) mass is 319 g/mol. The first-order chi connectivity index (χ1) is 11.0. The first kappa shape index (κ1) is 16.5. The van der Waals surface area contributed by atoms with E-state index in [9.17, 15) is 4.79 Å². The van der Waals surface area contributed by atoms with Crippen LogP contribution in [0.1, 0.15) is 24.3 Å². The maximum absolute atomic E-state index is 12.9. The van der Waals surface area contributed by atoms with Crippen molar-refractivity contribution in [3.63, 3.8) is 0 Å². The van der Waals surface area contributed by atoms with Gasteiger partial charge in [0.25, 0.3) is 0 Å². The molecule has 3 atom stereocenters. The Morgan fingerprint density at radius 1 is 1.43 bits per heavy atom. The Hall–Kier alpha value is -1.40. The quantitative estimate of drug-likeness (QED) is 0.879. The molecule has 0 radical (unpaired) electrons. The molecule has 1 aromatic heterocycles. The summed E-state index contributed by atoms with van der Waals surface area (Å²) in [5.41, 5.74) is 1.17. The highest BCUT2D eigenvalue weighted by Gasteiger charge is 2.36.